The molecule has 0 bridgehead atoms. The molecule has 2 rings (SSSR count). The molecule has 0 aromatic heterocycles. The smallest absolute Gasteiger partial charge is 0.119 e. The van der Waals surface area contributed by atoms with Crippen LogP contribution < -0.4 is 4.74 Å². The fourth-order valence-corrected chi connectivity index (χ4v) is 3.74. The van der Waals surface area contributed by atoms with Crippen LogP contribution in [0.4, 0.5) is 0 Å². The minimum absolute atomic E-state index is 0.287. The molecule has 0 unspecified atom stereocenters. The van der Waals surface area contributed by atoms with Crippen LogP contribution >= 0.6 is 0 Å². The number of rotatable bonds is 9. The van der Waals surface area contributed by atoms with Gasteiger partial charge in [0, 0.05) is 45.8 Å². The molecule has 0 saturated carbocycles. The summed E-state index contributed by atoms with van der Waals surface area (Å²) < 4.78 is 5.87. The third-order valence-corrected chi connectivity index (χ3v) is 4.92. The van der Waals surface area contributed by atoms with Crippen LogP contribution in [0.1, 0.15) is 33.3 Å². The molecule has 1 atom stereocenters. The van der Waals surface area contributed by atoms with Crippen molar-refractivity contribution in [2.45, 2.75) is 40.3 Å². The molecule has 27 heavy (non-hydrogen) atoms. The fraction of sp³-hybridized carbons (Fsp3) is 0.727. The number of nitrogens with zero attached hydrogens (tertiary/aromatic N) is 3. The van der Waals surface area contributed by atoms with E-state index < -0.39 is 6.10 Å². The summed E-state index contributed by atoms with van der Waals surface area (Å²) in [5.74, 6) is 0.839. The number of ether oxygens (including phenoxy) is 1. The van der Waals surface area contributed by atoms with Crippen molar-refractivity contribution in [2.24, 2.45) is 5.41 Å². The third-order valence-electron chi connectivity index (χ3n) is 4.92. The highest BCUT2D eigenvalue weighted by Gasteiger charge is 2.18. The summed E-state index contributed by atoms with van der Waals surface area (Å²) in [5, 5.41) is 10.3. The maximum Gasteiger partial charge on any atom is 0.119 e. The van der Waals surface area contributed by atoms with Crippen molar-refractivity contribution in [2.75, 3.05) is 59.5 Å². The molecule has 154 valence electrons. The van der Waals surface area contributed by atoms with Gasteiger partial charge in [0.25, 0.3) is 0 Å². The first kappa shape index (κ1) is 22.2. The van der Waals surface area contributed by atoms with Crippen LogP contribution in [0.25, 0.3) is 0 Å². The van der Waals surface area contributed by atoms with Crippen LogP contribution in [0.3, 0.4) is 0 Å². The van der Waals surface area contributed by atoms with E-state index in [1.54, 1.807) is 0 Å². The Balaban J connectivity index is 1.75. The first-order chi connectivity index (χ1) is 12.7. The summed E-state index contributed by atoms with van der Waals surface area (Å²) in [6.45, 7) is 17.3. The Bertz CT molecular complexity index is 551. The lowest BCUT2D eigenvalue weighted by Gasteiger charge is -2.34. The first-order valence-corrected chi connectivity index (χ1v) is 10.3. The van der Waals surface area contributed by atoms with Gasteiger partial charge in [-0.05, 0) is 36.7 Å². The molecule has 1 aromatic carbocycles. The summed E-state index contributed by atoms with van der Waals surface area (Å²) >= 11 is 0. The van der Waals surface area contributed by atoms with E-state index in [9.17, 15) is 5.11 Å². The van der Waals surface area contributed by atoms with Gasteiger partial charge in [-0.3, -0.25) is 4.90 Å². The van der Waals surface area contributed by atoms with E-state index in [1.807, 2.05) is 12.1 Å². The lowest BCUT2D eigenvalue weighted by Crippen LogP contribution is -2.49. The van der Waals surface area contributed by atoms with Crippen molar-refractivity contribution in [3.05, 3.63) is 29.8 Å². The van der Waals surface area contributed by atoms with Gasteiger partial charge < -0.3 is 19.6 Å². The molecule has 1 saturated heterocycles. The van der Waals surface area contributed by atoms with E-state index in [0.717, 1.165) is 51.6 Å². The highest BCUT2D eigenvalue weighted by Crippen LogP contribution is 2.18. The van der Waals surface area contributed by atoms with Crippen molar-refractivity contribution in [3.8, 4) is 5.75 Å². The molecular formula is C22H39N3O2. The topological polar surface area (TPSA) is 39.2 Å². The monoisotopic (exact) mass is 377 g/mol. The first-order valence-electron chi connectivity index (χ1n) is 10.3. The standard InChI is InChI=1S/C22H39N3O2/c1-6-24-10-12-25(13-11-24)16-20(26)17-27-21-9-7-8-19(14-21)15-23(5)18-22(2,3)4/h7-9,14,20,26H,6,10-13,15-18H2,1-5H3/t20-/m0/s1. The summed E-state index contributed by atoms with van der Waals surface area (Å²) in [5.41, 5.74) is 1.53. The molecule has 0 radical (unpaired) electrons. The average Bonchev–Trinajstić information content (AvgIpc) is 2.59. The molecule has 5 nitrogen and oxygen atoms in total. The highest BCUT2D eigenvalue weighted by molar-refractivity contribution is 5.28. The molecule has 1 N–H and O–H groups in total. The number of hydrogen-bond acceptors (Lipinski definition) is 5. The number of benzene rings is 1. The molecule has 0 aliphatic carbocycles. The minimum atomic E-state index is -0.453. The van der Waals surface area contributed by atoms with Crippen molar-refractivity contribution < 1.29 is 9.84 Å². The predicted molar refractivity (Wildman–Crippen MR) is 112 cm³/mol. The Morgan fingerprint density at radius 1 is 1.15 bits per heavy atom. The van der Waals surface area contributed by atoms with Crippen LogP contribution in [0, 0.1) is 5.41 Å². The molecule has 1 aromatic rings. The quantitative estimate of drug-likeness (QED) is 0.716. The van der Waals surface area contributed by atoms with Gasteiger partial charge in [-0.15, -0.1) is 0 Å². The Labute approximate surface area is 165 Å². The SMILES string of the molecule is CCN1CCN(C[C@H](O)COc2cccc(CN(C)CC(C)(C)C)c2)CC1. The van der Waals surface area contributed by atoms with E-state index in [-0.39, 0.29) is 5.41 Å². The molecule has 1 aliphatic heterocycles. The van der Waals surface area contributed by atoms with Gasteiger partial charge in [-0.1, -0.05) is 39.8 Å². The van der Waals surface area contributed by atoms with E-state index >= 15 is 0 Å². The van der Waals surface area contributed by atoms with Crippen LogP contribution in [0.2, 0.25) is 0 Å². The van der Waals surface area contributed by atoms with Gasteiger partial charge in [-0.2, -0.15) is 0 Å². The zero-order valence-electron chi connectivity index (χ0n) is 17.9. The number of hydrogen-bond donors (Lipinski definition) is 1. The Morgan fingerprint density at radius 2 is 1.81 bits per heavy atom. The minimum Gasteiger partial charge on any atom is -0.491 e. The summed E-state index contributed by atoms with van der Waals surface area (Å²) in [7, 11) is 2.15. The van der Waals surface area contributed by atoms with Crippen LogP contribution in [0.15, 0.2) is 24.3 Å². The van der Waals surface area contributed by atoms with Crippen LogP contribution in [-0.4, -0.2) is 85.4 Å². The number of aliphatic hydroxyl groups is 1. The second-order valence-electron chi connectivity index (χ2n) is 9.08. The van der Waals surface area contributed by atoms with Crippen molar-refractivity contribution in [1.82, 2.24) is 14.7 Å². The second kappa shape index (κ2) is 10.4. The number of aliphatic hydroxyl groups excluding tert-OH is 1. The van der Waals surface area contributed by atoms with Crippen molar-refractivity contribution in [1.29, 1.82) is 0 Å². The van der Waals surface area contributed by atoms with Gasteiger partial charge in [0.1, 0.15) is 18.5 Å². The molecule has 5 heteroatoms. The lowest BCUT2D eigenvalue weighted by atomic mass is 9.96. The summed E-state index contributed by atoms with van der Waals surface area (Å²) in [6.07, 6.45) is -0.453. The van der Waals surface area contributed by atoms with Crippen LogP contribution in [-0.2, 0) is 6.54 Å². The zero-order chi connectivity index (χ0) is 19.9. The lowest BCUT2D eigenvalue weighted by molar-refractivity contribution is 0.0470. The van der Waals surface area contributed by atoms with Crippen LogP contribution in [0.5, 0.6) is 5.75 Å². The molecule has 0 amide bonds. The molecule has 1 fully saturated rings. The summed E-state index contributed by atoms with van der Waals surface area (Å²) in [6, 6.07) is 8.23. The Morgan fingerprint density at radius 3 is 2.44 bits per heavy atom. The second-order valence-corrected chi connectivity index (χ2v) is 9.08. The predicted octanol–water partition coefficient (Wildman–Crippen LogP) is 2.54. The van der Waals surface area contributed by atoms with Crippen molar-refractivity contribution >= 4 is 0 Å². The summed E-state index contributed by atoms with van der Waals surface area (Å²) in [4.78, 5) is 7.11. The van der Waals surface area contributed by atoms with Gasteiger partial charge in [-0.25, -0.2) is 0 Å². The van der Waals surface area contributed by atoms with Gasteiger partial charge in [0.15, 0.2) is 0 Å². The molecule has 1 heterocycles. The largest absolute Gasteiger partial charge is 0.491 e. The molecule has 0 spiro atoms. The Hall–Kier alpha value is -1.14. The number of piperazine rings is 1. The molecule has 1 aliphatic rings. The number of β-amino-alcohol motifs (C(OH)–C–C–N with tert-alkyl or cyclic N) is 1. The van der Waals surface area contributed by atoms with E-state index in [2.05, 4.69) is 61.6 Å². The van der Waals surface area contributed by atoms with Crippen molar-refractivity contribution in [3.63, 3.8) is 0 Å². The van der Waals surface area contributed by atoms with Gasteiger partial charge >= 0.3 is 0 Å². The average molecular weight is 378 g/mol. The maximum atomic E-state index is 10.3. The third kappa shape index (κ3) is 8.60. The van der Waals surface area contributed by atoms with E-state index in [0.29, 0.717) is 13.2 Å². The molecular weight excluding hydrogens is 338 g/mol. The fourth-order valence-electron chi connectivity index (χ4n) is 3.74. The Kier molecular flexibility index (Phi) is 8.55. The van der Waals surface area contributed by atoms with Gasteiger partial charge in [0.2, 0.25) is 0 Å². The zero-order valence-corrected chi connectivity index (χ0v) is 17.9. The number of likely N-dealkylation sites (N-methyl/N-ethyl adjacent to an activating group) is 1. The van der Waals surface area contributed by atoms with Gasteiger partial charge in [0.05, 0.1) is 0 Å². The van der Waals surface area contributed by atoms with E-state index in [4.69, 9.17) is 4.74 Å². The normalized spacial score (nSPS) is 18.0. The highest BCUT2D eigenvalue weighted by atomic mass is 16.5. The maximum absolute atomic E-state index is 10.3. The van der Waals surface area contributed by atoms with E-state index in [1.165, 1.54) is 5.56 Å².